The number of benzene rings is 1. The van der Waals surface area contributed by atoms with E-state index in [1.165, 1.54) is 25.7 Å². The maximum absolute atomic E-state index is 6.29. The lowest BCUT2D eigenvalue weighted by Gasteiger charge is -2.39. The highest BCUT2D eigenvalue weighted by atomic mass is 35.5. The van der Waals surface area contributed by atoms with Gasteiger partial charge in [0.15, 0.2) is 0 Å². The highest BCUT2D eigenvalue weighted by Gasteiger charge is 2.32. The van der Waals surface area contributed by atoms with Gasteiger partial charge in [-0.1, -0.05) is 49.9 Å². The molecule has 0 spiro atoms. The fraction of sp³-hybridized carbons (Fsp3) is 0.600. The molecule has 3 heteroatoms. The van der Waals surface area contributed by atoms with Crippen molar-refractivity contribution in [1.29, 1.82) is 0 Å². The number of hydrogen-bond donors (Lipinski definition) is 1. The molecule has 2 rings (SSSR count). The van der Waals surface area contributed by atoms with Crippen molar-refractivity contribution in [1.82, 2.24) is 0 Å². The average molecular weight is 286 g/mol. The van der Waals surface area contributed by atoms with Gasteiger partial charge in [-0.3, -0.25) is 0 Å². The third-order valence-electron chi connectivity index (χ3n) is 4.09. The van der Waals surface area contributed by atoms with Crippen LogP contribution in [0.2, 0.25) is 10.0 Å². The van der Waals surface area contributed by atoms with Gasteiger partial charge < -0.3 is 5.32 Å². The summed E-state index contributed by atoms with van der Waals surface area (Å²) >= 11 is 12.5. The summed E-state index contributed by atoms with van der Waals surface area (Å²) in [6, 6.07) is 4.36. The van der Waals surface area contributed by atoms with E-state index in [1.54, 1.807) is 0 Å². The van der Waals surface area contributed by atoms with Gasteiger partial charge in [0.1, 0.15) is 0 Å². The Balaban J connectivity index is 2.20. The Morgan fingerprint density at radius 1 is 1.17 bits per heavy atom. The molecule has 1 aromatic rings. The van der Waals surface area contributed by atoms with Crippen molar-refractivity contribution < 1.29 is 0 Å². The number of halogens is 2. The average Bonchev–Trinajstić information content (AvgIpc) is 2.28. The molecule has 0 aromatic heterocycles. The third-order valence-corrected chi connectivity index (χ3v) is 4.81. The van der Waals surface area contributed by atoms with E-state index in [2.05, 4.69) is 19.2 Å². The van der Waals surface area contributed by atoms with Gasteiger partial charge in [-0.2, -0.15) is 0 Å². The smallest absolute Gasteiger partial charge is 0.0641 e. The molecule has 0 amide bonds. The normalized spacial score (nSPS) is 22.8. The number of aryl methyl sites for hydroxylation is 1. The van der Waals surface area contributed by atoms with Crippen molar-refractivity contribution >= 4 is 28.9 Å². The largest absolute Gasteiger partial charge is 0.381 e. The quantitative estimate of drug-likeness (QED) is 0.737. The van der Waals surface area contributed by atoms with Gasteiger partial charge in [0.05, 0.1) is 10.7 Å². The van der Waals surface area contributed by atoms with Crippen LogP contribution in [0.5, 0.6) is 0 Å². The molecule has 1 nitrogen and oxygen atoms in total. The van der Waals surface area contributed by atoms with Crippen LogP contribution in [0.15, 0.2) is 12.1 Å². The number of rotatable bonds is 2. The molecular formula is C15H21Cl2N. The van der Waals surface area contributed by atoms with E-state index in [1.807, 2.05) is 19.1 Å². The van der Waals surface area contributed by atoms with Gasteiger partial charge >= 0.3 is 0 Å². The highest BCUT2D eigenvalue weighted by molar-refractivity contribution is 6.35. The summed E-state index contributed by atoms with van der Waals surface area (Å²) < 4.78 is 0. The number of nitrogens with one attached hydrogen (secondary N) is 1. The van der Waals surface area contributed by atoms with Gasteiger partial charge in [0, 0.05) is 11.1 Å². The molecular weight excluding hydrogens is 265 g/mol. The van der Waals surface area contributed by atoms with Crippen LogP contribution in [0.4, 0.5) is 5.69 Å². The van der Waals surface area contributed by atoms with Gasteiger partial charge in [-0.05, 0) is 42.9 Å². The summed E-state index contributed by atoms with van der Waals surface area (Å²) in [6.07, 6.45) is 5.09. The van der Waals surface area contributed by atoms with Gasteiger partial charge in [0.25, 0.3) is 0 Å². The van der Waals surface area contributed by atoms with Crippen LogP contribution < -0.4 is 5.32 Å². The molecule has 18 heavy (non-hydrogen) atoms. The van der Waals surface area contributed by atoms with Crippen LogP contribution >= 0.6 is 23.2 Å². The van der Waals surface area contributed by atoms with Crippen molar-refractivity contribution in [3.8, 4) is 0 Å². The summed E-state index contributed by atoms with van der Waals surface area (Å²) in [6.45, 7) is 6.63. The summed E-state index contributed by atoms with van der Waals surface area (Å²) in [5, 5.41) is 5.13. The van der Waals surface area contributed by atoms with Crippen LogP contribution in [-0.4, -0.2) is 6.04 Å². The van der Waals surface area contributed by atoms with Crippen molar-refractivity contribution in [3.05, 3.63) is 27.7 Å². The Morgan fingerprint density at radius 2 is 1.89 bits per heavy atom. The topological polar surface area (TPSA) is 12.0 Å². The Labute approximate surface area is 120 Å². The molecule has 1 N–H and O–H groups in total. The maximum Gasteiger partial charge on any atom is 0.0641 e. The van der Waals surface area contributed by atoms with Gasteiger partial charge in [0.2, 0.25) is 0 Å². The highest BCUT2D eigenvalue weighted by Crippen LogP contribution is 2.39. The minimum absolute atomic E-state index is 0.318. The second-order valence-electron chi connectivity index (χ2n) is 6.01. The Morgan fingerprint density at radius 3 is 2.56 bits per heavy atom. The monoisotopic (exact) mass is 285 g/mol. The van der Waals surface area contributed by atoms with E-state index in [9.17, 15) is 0 Å². The number of anilines is 1. The second kappa shape index (κ2) is 5.30. The molecule has 0 radical (unpaired) electrons. The predicted octanol–water partition coefficient (Wildman–Crippen LogP) is 5.68. The van der Waals surface area contributed by atoms with Gasteiger partial charge in [-0.25, -0.2) is 0 Å². The van der Waals surface area contributed by atoms with Crippen LogP contribution in [0.25, 0.3) is 0 Å². The van der Waals surface area contributed by atoms with E-state index >= 15 is 0 Å². The van der Waals surface area contributed by atoms with E-state index in [4.69, 9.17) is 23.2 Å². The standard InChI is InChI=1S/C15H21Cl2N/c1-10-8-12(17)13(9-11(10)16)18-14-6-4-5-7-15(14,2)3/h8-9,14,18H,4-7H2,1-3H3. The molecule has 0 heterocycles. The van der Waals surface area contributed by atoms with Crippen molar-refractivity contribution in [2.45, 2.75) is 52.5 Å². The van der Waals surface area contributed by atoms with Gasteiger partial charge in [-0.15, -0.1) is 0 Å². The molecule has 0 saturated heterocycles. The third kappa shape index (κ3) is 2.95. The summed E-state index contributed by atoms with van der Waals surface area (Å²) in [7, 11) is 0. The SMILES string of the molecule is Cc1cc(Cl)c(NC2CCCCC2(C)C)cc1Cl. The summed E-state index contributed by atoms with van der Waals surface area (Å²) in [4.78, 5) is 0. The molecule has 100 valence electrons. The van der Waals surface area contributed by atoms with Crippen LogP contribution in [0, 0.1) is 12.3 Å². The number of hydrogen-bond acceptors (Lipinski definition) is 1. The first kappa shape index (κ1) is 14.0. The van der Waals surface area contributed by atoms with Crippen LogP contribution in [-0.2, 0) is 0 Å². The molecule has 1 aromatic carbocycles. The Bertz CT molecular complexity index is 440. The predicted molar refractivity (Wildman–Crippen MR) is 80.9 cm³/mol. The maximum atomic E-state index is 6.29. The zero-order valence-corrected chi connectivity index (χ0v) is 12.8. The van der Waals surface area contributed by atoms with Crippen molar-refractivity contribution in [2.24, 2.45) is 5.41 Å². The minimum atomic E-state index is 0.318. The minimum Gasteiger partial charge on any atom is -0.381 e. The lowest BCUT2D eigenvalue weighted by atomic mass is 9.73. The van der Waals surface area contributed by atoms with E-state index in [0.717, 1.165) is 21.3 Å². The molecule has 1 atom stereocenters. The molecule has 1 aliphatic carbocycles. The lowest BCUT2D eigenvalue weighted by molar-refractivity contribution is 0.217. The fourth-order valence-corrected chi connectivity index (χ4v) is 3.14. The van der Waals surface area contributed by atoms with E-state index in [0.29, 0.717) is 11.5 Å². The van der Waals surface area contributed by atoms with E-state index in [-0.39, 0.29) is 0 Å². The zero-order chi connectivity index (χ0) is 13.3. The zero-order valence-electron chi connectivity index (χ0n) is 11.3. The first-order chi connectivity index (χ1) is 8.40. The fourth-order valence-electron chi connectivity index (χ4n) is 2.71. The first-order valence-corrected chi connectivity index (χ1v) is 7.38. The van der Waals surface area contributed by atoms with Crippen molar-refractivity contribution in [2.75, 3.05) is 5.32 Å². The summed E-state index contributed by atoms with van der Waals surface area (Å²) in [5.74, 6) is 0. The molecule has 1 aliphatic rings. The van der Waals surface area contributed by atoms with Crippen LogP contribution in [0.1, 0.15) is 45.1 Å². The Kier molecular flexibility index (Phi) is 4.13. The van der Waals surface area contributed by atoms with Crippen LogP contribution in [0.3, 0.4) is 0 Å². The molecule has 1 unspecified atom stereocenters. The molecule has 0 bridgehead atoms. The second-order valence-corrected chi connectivity index (χ2v) is 6.83. The molecule has 1 saturated carbocycles. The van der Waals surface area contributed by atoms with Crippen molar-refractivity contribution in [3.63, 3.8) is 0 Å². The Hall–Kier alpha value is -0.400. The molecule has 0 aliphatic heterocycles. The van der Waals surface area contributed by atoms with E-state index < -0.39 is 0 Å². The first-order valence-electron chi connectivity index (χ1n) is 6.62. The molecule has 1 fully saturated rings. The lowest BCUT2D eigenvalue weighted by Crippen LogP contribution is -2.38. The summed E-state index contributed by atoms with van der Waals surface area (Å²) in [5.41, 5.74) is 2.31.